The van der Waals surface area contributed by atoms with E-state index in [1.807, 2.05) is 13.0 Å². The van der Waals surface area contributed by atoms with Crippen molar-refractivity contribution in [2.45, 2.75) is 33.7 Å². The summed E-state index contributed by atoms with van der Waals surface area (Å²) in [5.41, 5.74) is 2.19. The second-order valence-corrected chi connectivity index (χ2v) is 5.46. The maximum atomic E-state index is 8.95. The standard InChI is InChI=1S/C16H24ClN3/c1-5-19-13(4)15-8-7-14(9-16(15)17)20(6-2)11-12(3)10-18/h7-9,12-13,19H,5-6,11H2,1-4H3. The van der Waals surface area contributed by atoms with E-state index >= 15 is 0 Å². The van der Waals surface area contributed by atoms with Gasteiger partial charge in [-0.3, -0.25) is 0 Å². The van der Waals surface area contributed by atoms with E-state index in [9.17, 15) is 0 Å². The van der Waals surface area contributed by atoms with E-state index in [0.29, 0.717) is 0 Å². The highest BCUT2D eigenvalue weighted by Crippen LogP contribution is 2.28. The Kier molecular flexibility index (Phi) is 6.84. The lowest BCUT2D eigenvalue weighted by atomic mass is 10.1. The molecule has 0 bridgehead atoms. The van der Waals surface area contributed by atoms with Crippen LogP contribution < -0.4 is 10.2 Å². The highest BCUT2D eigenvalue weighted by Gasteiger charge is 2.13. The summed E-state index contributed by atoms with van der Waals surface area (Å²) in [4.78, 5) is 2.18. The average molecular weight is 294 g/mol. The molecule has 0 heterocycles. The molecule has 0 saturated heterocycles. The van der Waals surface area contributed by atoms with Gasteiger partial charge >= 0.3 is 0 Å². The molecule has 2 atom stereocenters. The molecule has 110 valence electrons. The van der Waals surface area contributed by atoms with Crippen molar-refractivity contribution in [2.75, 3.05) is 24.5 Å². The van der Waals surface area contributed by atoms with E-state index in [4.69, 9.17) is 16.9 Å². The molecule has 0 spiro atoms. The Hall–Kier alpha value is -1.24. The molecule has 0 amide bonds. The van der Waals surface area contributed by atoms with Crippen LogP contribution in [0, 0.1) is 17.2 Å². The number of hydrogen-bond donors (Lipinski definition) is 1. The maximum absolute atomic E-state index is 8.95. The van der Waals surface area contributed by atoms with Crippen LogP contribution in [-0.4, -0.2) is 19.6 Å². The van der Waals surface area contributed by atoms with E-state index in [1.165, 1.54) is 0 Å². The zero-order chi connectivity index (χ0) is 15.1. The van der Waals surface area contributed by atoms with Crippen molar-refractivity contribution in [1.29, 1.82) is 5.26 Å². The van der Waals surface area contributed by atoms with Gasteiger partial charge in [0.25, 0.3) is 0 Å². The Morgan fingerprint density at radius 1 is 1.35 bits per heavy atom. The van der Waals surface area contributed by atoms with Gasteiger partial charge in [0, 0.05) is 29.8 Å². The molecule has 4 heteroatoms. The Bertz CT molecular complexity index is 467. The lowest BCUT2D eigenvalue weighted by Gasteiger charge is -2.25. The van der Waals surface area contributed by atoms with Gasteiger partial charge in [-0.05, 0) is 45.0 Å². The summed E-state index contributed by atoms with van der Waals surface area (Å²) >= 11 is 6.40. The molecule has 1 aromatic carbocycles. The van der Waals surface area contributed by atoms with Crippen LogP contribution in [0.1, 0.15) is 39.3 Å². The molecular formula is C16H24ClN3. The van der Waals surface area contributed by atoms with Gasteiger partial charge in [0.2, 0.25) is 0 Å². The van der Waals surface area contributed by atoms with Gasteiger partial charge in [0.05, 0.1) is 12.0 Å². The number of anilines is 1. The third kappa shape index (κ3) is 4.40. The lowest BCUT2D eigenvalue weighted by Crippen LogP contribution is -2.27. The predicted octanol–water partition coefficient (Wildman–Crippen LogP) is 4.00. The molecule has 3 nitrogen and oxygen atoms in total. The van der Waals surface area contributed by atoms with Gasteiger partial charge in [0.15, 0.2) is 0 Å². The van der Waals surface area contributed by atoms with E-state index in [0.717, 1.165) is 35.9 Å². The minimum Gasteiger partial charge on any atom is -0.370 e. The van der Waals surface area contributed by atoms with Gasteiger partial charge in [-0.15, -0.1) is 0 Å². The zero-order valence-electron chi connectivity index (χ0n) is 12.8. The highest BCUT2D eigenvalue weighted by atomic mass is 35.5. The van der Waals surface area contributed by atoms with E-state index in [-0.39, 0.29) is 12.0 Å². The molecule has 0 fully saturated rings. The average Bonchev–Trinajstić information content (AvgIpc) is 2.44. The third-order valence-corrected chi connectivity index (χ3v) is 3.75. The van der Waals surface area contributed by atoms with Crippen molar-refractivity contribution in [2.24, 2.45) is 5.92 Å². The van der Waals surface area contributed by atoms with Gasteiger partial charge in [-0.25, -0.2) is 0 Å². The Morgan fingerprint density at radius 2 is 2.05 bits per heavy atom. The molecule has 0 aromatic heterocycles. The van der Waals surface area contributed by atoms with Crippen molar-refractivity contribution in [3.63, 3.8) is 0 Å². The minimum atomic E-state index is 0.00841. The number of nitrogens with zero attached hydrogens (tertiary/aromatic N) is 2. The Balaban J connectivity index is 2.92. The number of nitrogens with one attached hydrogen (secondary N) is 1. The van der Waals surface area contributed by atoms with Crippen LogP contribution in [0.25, 0.3) is 0 Å². The summed E-state index contributed by atoms with van der Waals surface area (Å²) in [6, 6.07) is 8.68. The molecule has 0 aliphatic carbocycles. The number of nitriles is 1. The van der Waals surface area contributed by atoms with Crippen LogP contribution in [0.15, 0.2) is 18.2 Å². The molecule has 1 rings (SSSR count). The van der Waals surface area contributed by atoms with E-state index in [1.54, 1.807) is 0 Å². The van der Waals surface area contributed by atoms with Crippen LogP contribution in [-0.2, 0) is 0 Å². The molecular weight excluding hydrogens is 270 g/mol. The van der Waals surface area contributed by atoms with Crippen LogP contribution in [0.3, 0.4) is 0 Å². The number of benzene rings is 1. The monoisotopic (exact) mass is 293 g/mol. The van der Waals surface area contributed by atoms with Crippen molar-refractivity contribution < 1.29 is 0 Å². The van der Waals surface area contributed by atoms with Crippen molar-refractivity contribution >= 4 is 17.3 Å². The SMILES string of the molecule is CCNC(C)c1ccc(N(CC)CC(C)C#N)cc1Cl. The molecule has 1 aromatic rings. The molecule has 20 heavy (non-hydrogen) atoms. The Labute approximate surface area is 127 Å². The van der Waals surface area contributed by atoms with Crippen molar-refractivity contribution in [1.82, 2.24) is 5.32 Å². The summed E-state index contributed by atoms with van der Waals surface area (Å²) in [7, 11) is 0. The predicted molar refractivity (Wildman–Crippen MR) is 86.2 cm³/mol. The van der Waals surface area contributed by atoms with Crippen molar-refractivity contribution in [3.8, 4) is 6.07 Å². The Morgan fingerprint density at radius 3 is 2.55 bits per heavy atom. The summed E-state index contributed by atoms with van der Waals surface area (Å²) < 4.78 is 0. The van der Waals surface area contributed by atoms with Gasteiger partial charge in [0.1, 0.15) is 0 Å². The van der Waals surface area contributed by atoms with Gasteiger partial charge < -0.3 is 10.2 Å². The first-order chi connectivity index (χ1) is 9.53. The first-order valence-corrected chi connectivity index (χ1v) is 7.58. The molecule has 1 N–H and O–H groups in total. The van der Waals surface area contributed by atoms with Gasteiger partial charge in [-0.1, -0.05) is 24.6 Å². The lowest BCUT2D eigenvalue weighted by molar-refractivity contribution is 0.598. The minimum absolute atomic E-state index is 0.00841. The summed E-state index contributed by atoms with van der Waals surface area (Å²) in [6.45, 7) is 10.7. The zero-order valence-corrected chi connectivity index (χ0v) is 13.5. The number of rotatable bonds is 7. The first kappa shape index (κ1) is 16.8. The highest BCUT2D eigenvalue weighted by molar-refractivity contribution is 6.31. The fraction of sp³-hybridized carbons (Fsp3) is 0.562. The smallest absolute Gasteiger partial charge is 0.0671 e. The fourth-order valence-electron chi connectivity index (χ4n) is 2.27. The fourth-order valence-corrected chi connectivity index (χ4v) is 2.61. The number of halogens is 1. The van der Waals surface area contributed by atoms with Crippen LogP contribution >= 0.6 is 11.6 Å². The molecule has 0 radical (unpaired) electrons. The number of hydrogen-bond acceptors (Lipinski definition) is 3. The van der Waals surface area contributed by atoms with Crippen LogP contribution in [0.4, 0.5) is 5.69 Å². The normalized spacial score (nSPS) is 13.6. The van der Waals surface area contributed by atoms with E-state index < -0.39 is 0 Å². The summed E-state index contributed by atoms with van der Waals surface area (Å²) in [5, 5.41) is 13.1. The van der Waals surface area contributed by atoms with Crippen LogP contribution in [0.2, 0.25) is 5.02 Å². The summed E-state index contributed by atoms with van der Waals surface area (Å²) in [5.74, 6) is 0.00841. The van der Waals surface area contributed by atoms with E-state index in [2.05, 4.69) is 49.2 Å². The topological polar surface area (TPSA) is 39.1 Å². The molecule has 0 aliphatic heterocycles. The quantitative estimate of drug-likeness (QED) is 0.826. The maximum Gasteiger partial charge on any atom is 0.0671 e. The second kappa shape index (κ2) is 8.14. The molecule has 0 saturated carbocycles. The van der Waals surface area contributed by atoms with Gasteiger partial charge in [-0.2, -0.15) is 5.26 Å². The summed E-state index contributed by atoms with van der Waals surface area (Å²) in [6.07, 6.45) is 0. The second-order valence-electron chi connectivity index (χ2n) is 5.05. The third-order valence-electron chi connectivity index (χ3n) is 3.42. The molecule has 0 aliphatic rings. The molecule has 2 unspecified atom stereocenters. The first-order valence-electron chi connectivity index (χ1n) is 7.20. The van der Waals surface area contributed by atoms with Crippen molar-refractivity contribution in [3.05, 3.63) is 28.8 Å². The largest absolute Gasteiger partial charge is 0.370 e. The van der Waals surface area contributed by atoms with Crippen LogP contribution in [0.5, 0.6) is 0 Å².